The number of benzene rings is 2. The SMILES string of the molecule is Cc1cccc(NC2CCN(c3nc4ccccc4o3)CC2)c1. The number of aryl methyl sites for hydroxylation is 1. The van der Waals surface area contributed by atoms with Gasteiger partial charge in [0.25, 0.3) is 6.01 Å². The Bertz CT molecular complexity index is 770. The third kappa shape index (κ3) is 3.02. The van der Waals surface area contributed by atoms with Crippen LogP contribution in [0.5, 0.6) is 0 Å². The van der Waals surface area contributed by atoms with Crippen molar-refractivity contribution in [2.45, 2.75) is 25.8 Å². The average Bonchev–Trinajstić information content (AvgIpc) is 2.99. The summed E-state index contributed by atoms with van der Waals surface area (Å²) in [4.78, 5) is 6.84. The van der Waals surface area contributed by atoms with Crippen LogP contribution < -0.4 is 10.2 Å². The first kappa shape index (κ1) is 14.1. The standard InChI is InChI=1S/C19H21N3O/c1-14-5-4-6-16(13-14)20-15-9-11-22(12-10-15)19-21-17-7-2-3-8-18(17)23-19/h2-8,13,15,20H,9-12H2,1H3. The van der Waals surface area contributed by atoms with E-state index < -0.39 is 0 Å². The summed E-state index contributed by atoms with van der Waals surface area (Å²) >= 11 is 0. The quantitative estimate of drug-likeness (QED) is 0.786. The van der Waals surface area contributed by atoms with Crippen molar-refractivity contribution in [3.8, 4) is 0 Å². The molecule has 0 atom stereocenters. The second kappa shape index (κ2) is 5.95. The van der Waals surface area contributed by atoms with Gasteiger partial charge in [-0.05, 0) is 49.6 Å². The molecule has 118 valence electrons. The molecule has 1 aliphatic rings. The van der Waals surface area contributed by atoms with Gasteiger partial charge >= 0.3 is 0 Å². The van der Waals surface area contributed by atoms with Crippen LogP contribution in [0.4, 0.5) is 11.7 Å². The second-order valence-electron chi connectivity index (χ2n) is 6.24. The lowest BCUT2D eigenvalue weighted by atomic mass is 10.0. The number of rotatable bonds is 3. The fourth-order valence-electron chi connectivity index (χ4n) is 3.18. The van der Waals surface area contributed by atoms with E-state index >= 15 is 0 Å². The van der Waals surface area contributed by atoms with Gasteiger partial charge in [0.2, 0.25) is 0 Å². The number of anilines is 2. The molecule has 0 aliphatic carbocycles. The van der Waals surface area contributed by atoms with E-state index in [4.69, 9.17) is 4.42 Å². The Balaban J connectivity index is 1.40. The summed E-state index contributed by atoms with van der Waals surface area (Å²) in [7, 11) is 0. The number of hydrogen-bond acceptors (Lipinski definition) is 4. The first-order valence-electron chi connectivity index (χ1n) is 8.22. The topological polar surface area (TPSA) is 41.3 Å². The zero-order valence-corrected chi connectivity index (χ0v) is 13.3. The van der Waals surface area contributed by atoms with Crippen molar-refractivity contribution in [2.24, 2.45) is 0 Å². The van der Waals surface area contributed by atoms with Crippen LogP contribution >= 0.6 is 0 Å². The Morgan fingerprint density at radius 3 is 2.70 bits per heavy atom. The van der Waals surface area contributed by atoms with Crippen LogP contribution in [0.25, 0.3) is 11.1 Å². The smallest absolute Gasteiger partial charge is 0.298 e. The van der Waals surface area contributed by atoms with Crippen molar-refractivity contribution in [1.82, 2.24) is 4.98 Å². The van der Waals surface area contributed by atoms with Crippen molar-refractivity contribution < 1.29 is 4.42 Å². The van der Waals surface area contributed by atoms with Crippen LogP contribution in [0.3, 0.4) is 0 Å². The van der Waals surface area contributed by atoms with Crippen LogP contribution in [0.2, 0.25) is 0 Å². The maximum Gasteiger partial charge on any atom is 0.298 e. The molecule has 1 aromatic heterocycles. The van der Waals surface area contributed by atoms with Crippen LogP contribution in [0.1, 0.15) is 18.4 Å². The molecule has 0 spiro atoms. The van der Waals surface area contributed by atoms with E-state index in [0.717, 1.165) is 43.0 Å². The van der Waals surface area contributed by atoms with E-state index in [2.05, 4.69) is 46.4 Å². The maximum absolute atomic E-state index is 5.87. The highest BCUT2D eigenvalue weighted by molar-refractivity contribution is 5.74. The Kier molecular flexibility index (Phi) is 3.66. The molecule has 23 heavy (non-hydrogen) atoms. The summed E-state index contributed by atoms with van der Waals surface area (Å²) in [6, 6.07) is 17.8. The molecule has 4 nitrogen and oxygen atoms in total. The number of piperidine rings is 1. The summed E-state index contributed by atoms with van der Waals surface area (Å²) in [5.41, 5.74) is 4.30. The number of oxazole rings is 1. The van der Waals surface area contributed by atoms with Gasteiger partial charge in [-0.25, -0.2) is 0 Å². The number of para-hydroxylation sites is 2. The van der Waals surface area contributed by atoms with E-state index in [1.807, 2.05) is 24.3 Å². The lowest BCUT2D eigenvalue weighted by Gasteiger charge is -2.31. The summed E-state index contributed by atoms with van der Waals surface area (Å²) in [6.45, 7) is 4.06. The van der Waals surface area contributed by atoms with Crippen molar-refractivity contribution >= 4 is 22.8 Å². The molecule has 4 heteroatoms. The summed E-state index contributed by atoms with van der Waals surface area (Å²) in [6.07, 6.45) is 2.18. The molecule has 0 radical (unpaired) electrons. The van der Waals surface area contributed by atoms with Gasteiger partial charge in [-0.15, -0.1) is 0 Å². The van der Waals surface area contributed by atoms with Gasteiger partial charge in [0.15, 0.2) is 5.58 Å². The van der Waals surface area contributed by atoms with Crippen LogP contribution in [0.15, 0.2) is 52.9 Å². The van der Waals surface area contributed by atoms with Gasteiger partial charge in [-0.3, -0.25) is 0 Å². The van der Waals surface area contributed by atoms with E-state index in [9.17, 15) is 0 Å². The first-order chi connectivity index (χ1) is 11.3. The van der Waals surface area contributed by atoms with Gasteiger partial charge < -0.3 is 14.6 Å². The van der Waals surface area contributed by atoms with E-state index in [1.165, 1.54) is 11.3 Å². The fourth-order valence-corrected chi connectivity index (χ4v) is 3.18. The van der Waals surface area contributed by atoms with Crippen molar-refractivity contribution in [2.75, 3.05) is 23.3 Å². The van der Waals surface area contributed by atoms with E-state index in [-0.39, 0.29) is 0 Å². The van der Waals surface area contributed by atoms with Crippen molar-refractivity contribution in [1.29, 1.82) is 0 Å². The molecule has 1 fully saturated rings. The number of fused-ring (bicyclic) bond motifs is 1. The Morgan fingerprint density at radius 2 is 1.91 bits per heavy atom. The van der Waals surface area contributed by atoms with Crippen LogP contribution in [-0.2, 0) is 0 Å². The molecule has 1 N–H and O–H groups in total. The first-order valence-corrected chi connectivity index (χ1v) is 8.22. The Hall–Kier alpha value is -2.49. The molecule has 4 rings (SSSR count). The third-order valence-corrected chi connectivity index (χ3v) is 4.44. The van der Waals surface area contributed by atoms with Gasteiger partial charge in [0, 0.05) is 24.8 Å². The zero-order valence-electron chi connectivity index (χ0n) is 13.3. The van der Waals surface area contributed by atoms with Gasteiger partial charge in [-0.1, -0.05) is 24.3 Å². The van der Waals surface area contributed by atoms with Crippen LogP contribution in [-0.4, -0.2) is 24.1 Å². The Morgan fingerprint density at radius 1 is 1.09 bits per heavy atom. The zero-order chi connectivity index (χ0) is 15.6. The number of aromatic nitrogens is 1. The molecule has 2 heterocycles. The van der Waals surface area contributed by atoms with Gasteiger partial charge in [-0.2, -0.15) is 4.98 Å². The Labute approximate surface area is 136 Å². The minimum absolute atomic E-state index is 0.512. The maximum atomic E-state index is 5.87. The highest BCUT2D eigenvalue weighted by Gasteiger charge is 2.22. The molecular formula is C19H21N3O. The molecule has 2 aromatic carbocycles. The number of hydrogen-bond donors (Lipinski definition) is 1. The largest absolute Gasteiger partial charge is 0.423 e. The normalized spacial score (nSPS) is 16.0. The fraction of sp³-hybridized carbons (Fsp3) is 0.316. The lowest BCUT2D eigenvalue weighted by Crippen LogP contribution is -2.39. The molecule has 1 saturated heterocycles. The lowest BCUT2D eigenvalue weighted by molar-refractivity contribution is 0.482. The number of nitrogens with one attached hydrogen (secondary N) is 1. The number of nitrogens with zero attached hydrogens (tertiary/aromatic N) is 2. The van der Waals surface area contributed by atoms with Crippen molar-refractivity contribution in [3.05, 3.63) is 54.1 Å². The van der Waals surface area contributed by atoms with Crippen molar-refractivity contribution in [3.63, 3.8) is 0 Å². The molecule has 0 saturated carbocycles. The molecule has 0 unspecified atom stereocenters. The molecule has 1 aliphatic heterocycles. The molecule has 0 amide bonds. The van der Waals surface area contributed by atoms with E-state index in [1.54, 1.807) is 0 Å². The summed E-state index contributed by atoms with van der Waals surface area (Å²) in [5.74, 6) is 0. The average molecular weight is 307 g/mol. The predicted molar refractivity (Wildman–Crippen MR) is 94.0 cm³/mol. The highest BCUT2D eigenvalue weighted by atomic mass is 16.4. The minimum atomic E-state index is 0.512. The van der Waals surface area contributed by atoms with Gasteiger partial charge in [0.1, 0.15) is 5.52 Å². The van der Waals surface area contributed by atoms with Gasteiger partial charge in [0.05, 0.1) is 0 Å². The highest BCUT2D eigenvalue weighted by Crippen LogP contribution is 2.25. The van der Waals surface area contributed by atoms with Crippen LogP contribution in [0, 0.1) is 6.92 Å². The monoisotopic (exact) mass is 307 g/mol. The molecule has 3 aromatic rings. The second-order valence-corrected chi connectivity index (χ2v) is 6.24. The molecular weight excluding hydrogens is 286 g/mol. The van der Waals surface area contributed by atoms with E-state index in [0.29, 0.717) is 6.04 Å². The predicted octanol–water partition coefficient (Wildman–Crippen LogP) is 4.22. The minimum Gasteiger partial charge on any atom is -0.423 e. The summed E-state index contributed by atoms with van der Waals surface area (Å²) < 4.78 is 5.87. The third-order valence-electron chi connectivity index (χ3n) is 4.44. The molecule has 0 bridgehead atoms. The summed E-state index contributed by atoms with van der Waals surface area (Å²) in [5, 5.41) is 3.64.